The Labute approximate surface area is 197 Å². The molecular weight excluding hydrogens is 392 g/mol. The Kier molecular flexibility index (Phi) is 6.91. The van der Waals surface area contributed by atoms with Crippen LogP contribution in [0.1, 0.15) is 116 Å². The molecule has 0 aliphatic heterocycles. The zero-order chi connectivity index (χ0) is 21.5. The predicted molar refractivity (Wildman–Crippen MR) is 130 cm³/mol. The third-order valence-electron chi connectivity index (χ3n) is 12.4. The molecule has 0 spiro atoms. The quantitative estimate of drug-likeness (QED) is 0.263. The van der Waals surface area contributed by atoms with Crippen molar-refractivity contribution < 1.29 is 10.1 Å². The van der Waals surface area contributed by atoms with E-state index in [1.165, 1.54) is 57.8 Å². The number of unbranched alkanes of at least 4 members (excludes halogenated alkanes) is 1. The monoisotopic (exact) mass is 442 g/mol. The molecule has 6 rings (SSSR count). The molecule has 0 bridgehead atoms. The van der Waals surface area contributed by atoms with Gasteiger partial charge in [-0.3, -0.25) is 5.26 Å². The minimum Gasteiger partial charge on any atom is -0.252 e. The summed E-state index contributed by atoms with van der Waals surface area (Å²) >= 11 is 0. The molecule has 6 aliphatic carbocycles. The summed E-state index contributed by atoms with van der Waals surface area (Å²) in [7, 11) is 0. The molecule has 0 aromatic carbocycles. The molecule has 0 saturated heterocycles. The molecule has 6 fully saturated rings. The van der Waals surface area contributed by atoms with E-state index in [1.807, 2.05) is 0 Å². The van der Waals surface area contributed by atoms with Crippen LogP contribution in [0, 0.1) is 65.1 Å². The van der Waals surface area contributed by atoms with E-state index < -0.39 is 0 Å². The average Bonchev–Trinajstić information content (AvgIpc) is 2.86. The van der Waals surface area contributed by atoms with Gasteiger partial charge in [0.25, 0.3) is 0 Å². The van der Waals surface area contributed by atoms with Gasteiger partial charge in [0, 0.05) is 0 Å². The summed E-state index contributed by atoms with van der Waals surface area (Å²) in [5.41, 5.74) is 0. The molecule has 6 saturated carbocycles. The summed E-state index contributed by atoms with van der Waals surface area (Å²) in [5.74, 6) is 11.8. The Balaban J connectivity index is 1.26. The standard InChI is InChI=1S/C30H50O2/c31-32-16-8-7-10-21-17-20-9-1-2-11-22(20)28-19-30-26-15-6-4-13-24(26)23-12-3-5-14-25(23)29(30)18-27(21)28/h20-31H,1-19H2. The van der Waals surface area contributed by atoms with Gasteiger partial charge in [-0.25, -0.2) is 4.89 Å². The normalized spacial score (nSPS) is 50.3. The fraction of sp³-hybridized carbons (Fsp3) is 1.00. The van der Waals surface area contributed by atoms with Crippen LogP contribution in [0.25, 0.3) is 0 Å². The van der Waals surface area contributed by atoms with E-state index in [0.29, 0.717) is 6.61 Å². The molecule has 2 nitrogen and oxygen atoms in total. The van der Waals surface area contributed by atoms with E-state index in [1.54, 1.807) is 51.4 Å². The maximum atomic E-state index is 8.78. The first-order valence-corrected chi connectivity index (χ1v) is 15.1. The largest absolute Gasteiger partial charge is 0.252 e. The Bertz CT molecular complexity index is 618. The van der Waals surface area contributed by atoms with Crippen molar-refractivity contribution in [1.29, 1.82) is 0 Å². The minimum atomic E-state index is 0.532. The van der Waals surface area contributed by atoms with Gasteiger partial charge in [-0.15, -0.1) is 0 Å². The molecule has 0 aromatic heterocycles. The first-order valence-electron chi connectivity index (χ1n) is 15.1. The van der Waals surface area contributed by atoms with Gasteiger partial charge in [-0.05, 0) is 123 Å². The van der Waals surface area contributed by atoms with Gasteiger partial charge >= 0.3 is 0 Å². The summed E-state index contributed by atoms with van der Waals surface area (Å²) in [6, 6.07) is 0. The number of hydrogen-bond donors (Lipinski definition) is 1. The van der Waals surface area contributed by atoms with Crippen LogP contribution < -0.4 is 0 Å². The molecule has 11 unspecified atom stereocenters. The van der Waals surface area contributed by atoms with Crippen molar-refractivity contribution in [1.82, 2.24) is 0 Å². The van der Waals surface area contributed by atoms with Crippen molar-refractivity contribution in [2.24, 2.45) is 65.1 Å². The van der Waals surface area contributed by atoms with Gasteiger partial charge in [0.1, 0.15) is 0 Å². The summed E-state index contributed by atoms with van der Waals surface area (Å²) < 4.78 is 0. The van der Waals surface area contributed by atoms with E-state index in [4.69, 9.17) is 5.26 Å². The van der Waals surface area contributed by atoms with Crippen molar-refractivity contribution in [3.05, 3.63) is 0 Å². The summed E-state index contributed by atoms with van der Waals surface area (Å²) in [4.78, 5) is 4.40. The molecular formula is C30H50O2. The van der Waals surface area contributed by atoms with E-state index in [0.717, 1.165) is 71.5 Å². The van der Waals surface area contributed by atoms with Crippen LogP contribution in [0.4, 0.5) is 0 Å². The average molecular weight is 443 g/mol. The van der Waals surface area contributed by atoms with Crippen molar-refractivity contribution >= 4 is 0 Å². The zero-order valence-electron chi connectivity index (χ0n) is 20.6. The number of fused-ring (bicyclic) bond motifs is 9. The van der Waals surface area contributed by atoms with Crippen molar-refractivity contribution in [2.45, 2.75) is 116 Å². The lowest BCUT2D eigenvalue weighted by Crippen LogP contribution is -2.55. The minimum absolute atomic E-state index is 0.532. The van der Waals surface area contributed by atoms with E-state index in [-0.39, 0.29) is 0 Å². The van der Waals surface area contributed by atoms with Crippen molar-refractivity contribution in [2.75, 3.05) is 6.61 Å². The lowest BCUT2D eigenvalue weighted by atomic mass is 9.42. The number of rotatable bonds is 5. The Morgan fingerprint density at radius 1 is 0.500 bits per heavy atom. The second-order valence-corrected chi connectivity index (χ2v) is 13.4. The summed E-state index contributed by atoms with van der Waals surface area (Å²) in [6.07, 6.45) is 27.1. The van der Waals surface area contributed by atoms with Gasteiger partial charge < -0.3 is 0 Å². The first-order chi connectivity index (χ1) is 15.8. The van der Waals surface area contributed by atoms with Gasteiger partial charge in [0.05, 0.1) is 6.61 Å². The fourth-order valence-electron chi connectivity index (χ4n) is 11.4. The third kappa shape index (κ3) is 4.02. The highest BCUT2D eigenvalue weighted by atomic mass is 17.1. The van der Waals surface area contributed by atoms with Gasteiger partial charge in [0.15, 0.2) is 0 Å². The number of hydrogen-bond acceptors (Lipinski definition) is 2. The van der Waals surface area contributed by atoms with Gasteiger partial charge in [0.2, 0.25) is 0 Å². The fourth-order valence-corrected chi connectivity index (χ4v) is 11.4. The maximum absolute atomic E-state index is 8.78. The van der Waals surface area contributed by atoms with Crippen LogP contribution >= 0.6 is 0 Å². The molecule has 1 N–H and O–H groups in total. The van der Waals surface area contributed by atoms with Gasteiger partial charge in [-0.1, -0.05) is 57.8 Å². The van der Waals surface area contributed by atoms with Crippen LogP contribution in [-0.4, -0.2) is 11.9 Å². The van der Waals surface area contributed by atoms with E-state index in [9.17, 15) is 0 Å². The molecule has 11 atom stereocenters. The highest BCUT2D eigenvalue weighted by Gasteiger charge is 2.57. The van der Waals surface area contributed by atoms with Crippen LogP contribution in [0.5, 0.6) is 0 Å². The van der Waals surface area contributed by atoms with Crippen LogP contribution in [-0.2, 0) is 4.89 Å². The van der Waals surface area contributed by atoms with Crippen LogP contribution in [0.2, 0.25) is 0 Å². The Morgan fingerprint density at radius 2 is 1.00 bits per heavy atom. The second kappa shape index (κ2) is 9.88. The smallest absolute Gasteiger partial charge is 0.0819 e. The van der Waals surface area contributed by atoms with Crippen LogP contribution in [0.3, 0.4) is 0 Å². The molecule has 32 heavy (non-hydrogen) atoms. The zero-order valence-corrected chi connectivity index (χ0v) is 20.6. The highest BCUT2D eigenvalue weighted by Crippen LogP contribution is 2.65. The second-order valence-electron chi connectivity index (χ2n) is 13.4. The SMILES string of the molecule is OOCCCCC1CC2CCCCC2C2CC3C4CCCCC4C4CCCCC4C3CC12. The highest BCUT2D eigenvalue weighted by molar-refractivity contribution is 5.06. The molecule has 182 valence electrons. The predicted octanol–water partition coefficient (Wildman–Crippen LogP) is 8.36. The molecule has 6 aliphatic rings. The first kappa shape index (κ1) is 22.4. The van der Waals surface area contributed by atoms with Crippen molar-refractivity contribution in [3.8, 4) is 0 Å². The van der Waals surface area contributed by atoms with Crippen molar-refractivity contribution in [3.63, 3.8) is 0 Å². The summed E-state index contributed by atoms with van der Waals surface area (Å²) in [5, 5.41) is 8.78. The Hall–Kier alpha value is -0.0800. The molecule has 0 aromatic rings. The molecule has 0 amide bonds. The van der Waals surface area contributed by atoms with Gasteiger partial charge in [-0.2, -0.15) is 0 Å². The van der Waals surface area contributed by atoms with E-state index in [2.05, 4.69) is 4.89 Å². The Morgan fingerprint density at radius 3 is 1.62 bits per heavy atom. The summed E-state index contributed by atoms with van der Waals surface area (Å²) in [6.45, 7) is 0.532. The lowest BCUT2D eigenvalue weighted by Gasteiger charge is -2.63. The van der Waals surface area contributed by atoms with E-state index >= 15 is 0 Å². The maximum Gasteiger partial charge on any atom is 0.0819 e. The third-order valence-corrected chi connectivity index (χ3v) is 12.4. The molecule has 2 heteroatoms. The lowest BCUT2D eigenvalue weighted by molar-refractivity contribution is -0.242. The molecule has 0 heterocycles. The topological polar surface area (TPSA) is 29.5 Å². The molecule has 0 radical (unpaired) electrons. The van der Waals surface area contributed by atoms with Crippen LogP contribution in [0.15, 0.2) is 0 Å².